The van der Waals surface area contributed by atoms with Crippen molar-refractivity contribution in [3.63, 3.8) is 0 Å². The summed E-state index contributed by atoms with van der Waals surface area (Å²) in [5.74, 6) is 0.961. The van der Waals surface area contributed by atoms with Gasteiger partial charge < -0.3 is 4.57 Å². The summed E-state index contributed by atoms with van der Waals surface area (Å²) in [5.41, 5.74) is 2.01. The molecule has 2 aromatic carbocycles. The van der Waals surface area contributed by atoms with Gasteiger partial charge in [0.05, 0.1) is 6.54 Å². The summed E-state index contributed by atoms with van der Waals surface area (Å²) in [6.07, 6.45) is 1.12. The van der Waals surface area contributed by atoms with Gasteiger partial charge >= 0.3 is 0 Å². The first kappa shape index (κ1) is 16.5. The van der Waals surface area contributed by atoms with Crippen LogP contribution in [0.3, 0.4) is 0 Å². The Morgan fingerprint density at radius 1 is 0.926 bits per heavy atom. The van der Waals surface area contributed by atoms with E-state index in [1.165, 1.54) is 0 Å². The molecule has 0 saturated carbocycles. The highest BCUT2D eigenvalue weighted by Gasteiger charge is 2.34. The van der Waals surface area contributed by atoms with Crippen LogP contribution < -0.4 is 5.56 Å². The van der Waals surface area contributed by atoms with Gasteiger partial charge in [-0.3, -0.25) is 14.5 Å². The molecule has 3 heterocycles. The van der Waals surface area contributed by atoms with Gasteiger partial charge in [-0.2, -0.15) is 0 Å². The standard InChI is InChI=1S/C23H22N2O2/c26-22(19-9-8-17-4-1-2-5-18(17)11-19)15-24-12-16-10-20(14-24)21-6-3-7-23(27)25(21)13-16/h1-9,11,16,20H,10,12-15H2/t16-,20+/m0/s1. The number of aromatic nitrogens is 1. The van der Waals surface area contributed by atoms with Crippen molar-refractivity contribution in [2.45, 2.75) is 18.9 Å². The second-order valence-electron chi connectivity index (χ2n) is 7.88. The normalized spacial score (nSPS) is 21.8. The number of ketones is 1. The maximum Gasteiger partial charge on any atom is 0.250 e. The fraction of sp³-hybridized carbons (Fsp3) is 0.304. The maximum absolute atomic E-state index is 12.9. The SMILES string of the molecule is O=C(CN1C[C@@H]2C[C@H](C1)c1cccc(=O)n1C2)c1ccc2ccccc2c1. The average molecular weight is 358 g/mol. The molecule has 5 rings (SSSR count). The van der Waals surface area contributed by atoms with Crippen molar-refractivity contribution in [2.24, 2.45) is 5.92 Å². The molecule has 0 amide bonds. The summed E-state index contributed by atoms with van der Waals surface area (Å²) in [6, 6.07) is 19.6. The summed E-state index contributed by atoms with van der Waals surface area (Å²) >= 11 is 0. The molecular weight excluding hydrogens is 336 g/mol. The molecule has 2 atom stereocenters. The van der Waals surface area contributed by atoms with Crippen molar-refractivity contribution in [3.8, 4) is 0 Å². The molecule has 0 N–H and O–H groups in total. The van der Waals surface area contributed by atoms with E-state index in [-0.39, 0.29) is 11.3 Å². The Bertz CT molecular complexity index is 1080. The van der Waals surface area contributed by atoms with Crippen LogP contribution in [0.25, 0.3) is 10.8 Å². The van der Waals surface area contributed by atoms with Crippen LogP contribution in [-0.4, -0.2) is 34.9 Å². The molecule has 2 aliphatic heterocycles. The van der Waals surface area contributed by atoms with Gasteiger partial charge in [0.1, 0.15) is 0 Å². The zero-order valence-corrected chi connectivity index (χ0v) is 15.2. The second kappa shape index (κ2) is 6.46. The molecule has 0 aliphatic carbocycles. The van der Waals surface area contributed by atoms with Crippen LogP contribution in [0.4, 0.5) is 0 Å². The van der Waals surface area contributed by atoms with Crippen molar-refractivity contribution >= 4 is 16.6 Å². The van der Waals surface area contributed by atoms with Crippen molar-refractivity contribution in [1.29, 1.82) is 0 Å². The van der Waals surface area contributed by atoms with E-state index in [1.807, 2.05) is 47.0 Å². The number of rotatable bonds is 3. The van der Waals surface area contributed by atoms with E-state index in [0.29, 0.717) is 18.4 Å². The van der Waals surface area contributed by atoms with Gasteiger partial charge in [0.25, 0.3) is 5.56 Å². The van der Waals surface area contributed by atoms with Crippen LogP contribution in [0.5, 0.6) is 0 Å². The number of Topliss-reactive ketones (excluding diaryl/α,β-unsaturated/α-hetero) is 1. The Kier molecular flexibility index (Phi) is 3.94. The van der Waals surface area contributed by atoms with E-state index in [9.17, 15) is 9.59 Å². The van der Waals surface area contributed by atoms with Crippen molar-refractivity contribution < 1.29 is 4.79 Å². The van der Waals surface area contributed by atoms with Gasteiger partial charge in [-0.15, -0.1) is 0 Å². The van der Waals surface area contributed by atoms with Gasteiger partial charge in [-0.1, -0.05) is 42.5 Å². The van der Waals surface area contributed by atoms with Crippen molar-refractivity contribution in [1.82, 2.24) is 9.47 Å². The predicted molar refractivity (Wildman–Crippen MR) is 106 cm³/mol. The highest BCUT2D eigenvalue weighted by atomic mass is 16.1. The Labute approximate surface area is 158 Å². The molecule has 3 aromatic rings. The minimum absolute atomic E-state index is 0.0999. The molecule has 27 heavy (non-hydrogen) atoms. The van der Waals surface area contributed by atoms with E-state index in [4.69, 9.17) is 0 Å². The number of piperidine rings is 1. The van der Waals surface area contributed by atoms with E-state index >= 15 is 0 Å². The minimum Gasteiger partial charge on any atom is -0.312 e. The first-order chi connectivity index (χ1) is 13.2. The van der Waals surface area contributed by atoms with Gasteiger partial charge in [-0.25, -0.2) is 0 Å². The summed E-state index contributed by atoms with van der Waals surface area (Å²) in [7, 11) is 0. The van der Waals surface area contributed by atoms with E-state index < -0.39 is 0 Å². The molecule has 2 aliphatic rings. The number of nitrogens with zero attached hydrogens (tertiary/aromatic N) is 2. The molecule has 4 nitrogen and oxygen atoms in total. The third-order valence-corrected chi connectivity index (χ3v) is 5.99. The molecule has 1 aromatic heterocycles. The second-order valence-corrected chi connectivity index (χ2v) is 7.88. The number of benzene rings is 2. The number of likely N-dealkylation sites (tertiary alicyclic amines) is 1. The monoisotopic (exact) mass is 358 g/mol. The lowest BCUT2D eigenvalue weighted by molar-refractivity contribution is 0.0817. The van der Waals surface area contributed by atoms with Gasteiger partial charge in [0, 0.05) is 42.9 Å². The highest BCUT2D eigenvalue weighted by molar-refractivity contribution is 6.01. The zero-order chi connectivity index (χ0) is 18.4. The molecule has 0 spiro atoms. The molecule has 1 saturated heterocycles. The fourth-order valence-corrected chi connectivity index (χ4v) is 4.78. The van der Waals surface area contributed by atoms with Crippen molar-refractivity contribution in [2.75, 3.05) is 19.6 Å². The van der Waals surface area contributed by atoms with Crippen molar-refractivity contribution in [3.05, 3.63) is 82.3 Å². The van der Waals surface area contributed by atoms with Crippen LogP contribution in [0.2, 0.25) is 0 Å². The number of fused-ring (bicyclic) bond motifs is 5. The Balaban J connectivity index is 1.36. The third kappa shape index (κ3) is 3.00. The first-order valence-corrected chi connectivity index (χ1v) is 9.61. The van der Waals surface area contributed by atoms with Crippen LogP contribution in [0.15, 0.2) is 65.5 Å². The van der Waals surface area contributed by atoms with Gasteiger partial charge in [0.2, 0.25) is 0 Å². The summed E-state index contributed by atoms with van der Waals surface area (Å²) in [5, 5.41) is 2.26. The van der Waals surface area contributed by atoms with Crippen LogP contribution >= 0.6 is 0 Å². The smallest absolute Gasteiger partial charge is 0.250 e. The Morgan fingerprint density at radius 3 is 2.67 bits per heavy atom. The Morgan fingerprint density at radius 2 is 1.78 bits per heavy atom. The molecule has 4 heteroatoms. The van der Waals surface area contributed by atoms with E-state index in [2.05, 4.69) is 17.0 Å². The molecule has 1 fully saturated rings. The maximum atomic E-state index is 12.9. The summed E-state index contributed by atoms with van der Waals surface area (Å²) in [6.45, 7) is 2.95. The first-order valence-electron chi connectivity index (χ1n) is 9.61. The molecule has 136 valence electrons. The van der Waals surface area contributed by atoms with Crippen LogP contribution in [-0.2, 0) is 6.54 Å². The third-order valence-electron chi connectivity index (χ3n) is 5.99. The molecule has 0 radical (unpaired) electrons. The Hall–Kier alpha value is -2.72. The van der Waals surface area contributed by atoms with Crippen LogP contribution in [0, 0.1) is 5.92 Å². The summed E-state index contributed by atoms with van der Waals surface area (Å²) < 4.78 is 1.93. The lowest BCUT2D eigenvalue weighted by Gasteiger charge is -2.42. The summed E-state index contributed by atoms with van der Waals surface area (Å²) in [4.78, 5) is 27.3. The largest absolute Gasteiger partial charge is 0.312 e. The molecule has 0 unspecified atom stereocenters. The van der Waals surface area contributed by atoms with Crippen LogP contribution in [0.1, 0.15) is 28.4 Å². The van der Waals surface area contributed by atoms with Gasteiger partial charge in [0.15, 0.2) is 5.78 Å². The van der Waals surface area contributed by atoms with Gasteiger partial charge in [-0.05, 0) is 35.2 Å². The number of carbonyl (C=O) groups is 1. The minimum atomic E-state index is 0.0999. The number of hydrogen-bond donors (Lipinski definition) is 0. The molecular formula is C23H22N2O2. The lowest BCUT2D eigenvalue weighted by atomic mass is 9.83. The fourth-order valence-electron chi connectivity index (χ4n) is 4.78. The topological polar surface area (TPSA) is 42.3 Å². The quantitative estimate of drug-likeness (QED) is 0.675. The van der Waals surface area contributed by atoms with E-state index in [1.54, 1.807) is 6.07 Å². The zero-order valence-electron chi connectivity index (χ0n) is 15.2. The average Bonchev–Trinajstić information content (AvgIpc) is 2.68. The number of pyridine rings is 1. The number of carbonyl (C=O) groups excluding carboxylic acids is 1. The number of hydrogen-bond acceptors (Lipinski definition) is 3. The predicted octanol–water partition coefficient (Wildman–Crippen LogP) is 3.30. The highest BCUT2D eigenvalue weighted by Crippen LogP contribution is 2.34. The molecule has 2 bridgehead atoms. The lowest BCUT2D eigenvalue weighted by Crippen LogP contribution is -2.48. The van der Waals surface area contributed by atoms with E-state index in [0.717, 1.165) is 48.1 Å².